The highest BCUT2D eigenvalue weighted by atomic mass is 16.7. The number of hydrogen-bond donors (Lipinski definition) is 6. The van der Waals surface area contributed by atoms with Crippen molar-refractivity contribution in [2.75, 3.05) is 144 Å². The van der Waals surface area contributed by atoms with Crippen LogP contribution in [0.5, 0.6) is 5.75 Å². The van der Waals surface area contributed by atoms with Gasteiger partial charge >= 0.3 is 12.1 Å². The molecule has 0 radical (unpaired) electrons. The van der Waals surface area contributed by atoms with E-state index in [0.29, 0.717) is 185 Å². The largest absolute Gasteiger partial charge is 0.510 e. The highest BCUT2D eigenvalue weighted by Gasteiger charge is 2.51. The quantitative estimate of drug-likeness (QED) is 0.0181. The van der Waals surface area contributed by atoms with Crippen molar-refractivity contribution in [1.29, 1.82) is 0 Å². The number of aryl methyl sites for hydroxylation is 1. The Balaban J connectivity index is 0.528. The fourth-order valence-corrected chi connectivity index (χ4v) is 12.6. The molecule has 33 nitrogen and oxygen atoms in total. The predicted octanol–water partition coefficient (Wildman–Crippen LogP) is 3.17. The van der Waals surface area contributed by atoms with Crippen molar-refractivity contribution in [3.63, 3.8) is 0 Å². The number of phenolic OH excluding ortho intramolecular Hbond substituents is 1. The average Bonchev–Trinajstić information content (AvgIpc) is 1.49. The number of hydrogen-bond acceptors (Lipinski definition) is 26. The molecule has 3 aromatic heterocycles. The van der Waals surface area contributed by atoms with Crippen molar-refractivity contribution in [3.05, 3.63) is 111 Å². The van der Waals surface area contributed by atoms with E-state index in [1.165, 1.54) is 17.1 Å². The topological polar surface area (TPSA) is 411 Å². The van der Waals surface area contributed by atoms with Gasteiger partial charge in [-0.25, -0.2) is 19.3 Å². The lowest BCUT2D eigenvalue weighted by molar-refractivity contribution is -0.175. The average molecular weight is 1480 g/mol. The predicted molar refractivity (Wildman–Crippen MR) is 378 cm³/mol. The summed E-state index contributed by atoms with van der Waals surface area (Å²) in [5.41, 5.74) is 8.52. The molecule has 6 heterocycles. The maximum absolute atomic E-state index is 14.1. The van der Waals surface area contributed by atoms with E-state index in [2.05, 4.69) is 31.6 Å². The van der Waals surface area contributed by atoms with E-state index < -0.39 is 60.3 Å². The number of rotatable bonds is 48. The zero-order chi connectivity index (χ0) is 75.1. The van der Waals surface area contributed by atoms with Crippen LogP contribution in [0, 0.1) is 11.8 Å². The molecule has 1 fully saturated rings. The number of amides is 6. The first kappa shape index (κ1) is 80.9. The van der Waals surface area contributed by atoms with Gasteiger partial charge in [0.25, 0.3) is 17.4 Å². The van der Waals surface area contributed by atoms with E-state index in [1.54, 1.807) is 70.9 Å². The molecule has 2 aromatic carbocycles. The molecule has 7 N–H and O–H groups in total. The van der Waals surface area contributed by atoms with E-state index >= 15 is 0 Å². The number of carbonyl (C=O) groups excluding carboxylic acids is 8. The number of anilines is 1. The number of aromatic hydroxyl groups is 1. The highest BCUT2D eigenvalue weighted by Crippen LogP contribution is 2.43. The molecule has 0 saturated heterocycles. The third kappa shape index (κ3) is 23.7. The number of imide groups is 1. The first-order valence-electron chi connectivity index (χ1n) is 36.1. The number of nitrogens with zero attached hydrogens (tertiary/aromatic N) is 6. The minimum atomic E-state index is -2.01. The molecule has 1 saturated carbocycles. The van der Waals surface area contributed by atoms with Crippen LogP contribution in [0.1, 0.15) is 98.7 Å². The first-order chi connectivity index (χ1) is 51.6. The lowest BCUT2D eigenvalue weighted by Crippen LogP contribution is -2.47. The molecule has 33 heteroatoms. The lowest BCUT2D eigenvalue weighted by atomic mass is 9.81. The molecule has 0 spiro atoms. The summed E-state index contributed by atoms with van der Waals surface area (Å²) in [5.74, 6) is -2.83. The van der Waals surface area contributed by atoms with Crippen LogP contribution in [0.3, 0.4) is 0 Å². The van der Waals surface area contributed by atoms with Crippen LogP contribution in [0.4, 0.5) is 10.5 Å². The number of benzene rings is 2. The molecule has 5 aromatic rings. The van der Waals surface area contributed by atoms with Crippen LogP contribution in [-0.2, 0) is 135 Å². The fraction of sp³-hybridized carbons (Fsp3) is 0.562. The normalized spacial score (nSPS) is 16.9. The maximum atomic E-state index is 14.1. The number of nitrogens with one attached hydrogen (secondary N) is 4. The zero-order valence-electron chi connectivity index (χ0n) is 60.1. The monoisotopic (exact) mass is 1480 g/mol. The minimum absolute atomic E-state index is 0.0281. The zero-order valence-corrected chi connectivity index (χ0v) is 60.1. The van der Waals surface area contributed by atoms with Crippen molar-refractivity contribution in [3.8, 4) is 17.1 Å². The Kier molecular flexibility index (Phi) is 32.3. The number of cyclic esters (lactones) is 1. The van der Waals surface area contributed by atoms with E-state index in [1.807, 2.05) is 6.92 Å². The van der Waals surface area contributed by atoms with Crippen molar-refractivity contribution in [2.24, 2.45) is 17.6 Å². The summed E-state index contributed by atoms with van der Waals surface area (Å²) in [6.07, 6.45) is 8.10. The number of carbonyl (C=O) groups is 8. The van der Waals surface area contributed by atoms with Gasteiger partial charge in [-0.05, 0) is 118 Å². The van der Waals surface area contributed by atoms with Gasteiger partial charge in [-0.15, -0.1) is 5.10 Å². The van der Waals surface area contributed by atoms with Crippen molar-refractivity contribution < 1.29 is 100 Å². The summed E-state index contributed by atoms with van der Waals surface area (Å²) in [7, 11) is 0. The second kappa shape index (κ2) is 42.3. The molecule has 0 bridgehead atoms. The number of phenols is 1. The van der Waals surface area contributed by atoms with Crippen LogP contribution >= 0.6 is 0 Å². The molecule has 1 unspecified atom stereocenters. The molecular formula is C73H97N11O22. The van der Waals surface area contributed by atoms with Gasteiger partial charge in [-0.1, -0.05) is 31.2 Å². The standard InChI is InChI=1S/C73H97N11O22/c1-3-55-56-39-54(85)16-17-60(56)79-67-57(55)44-83-62(67)40-59-58(70(83)92)46-104-71(93)73(59,4-2)106-72(94)105-45-50-10-14-52(15-11-50)77-69(91)61(7-5-6-20-74)78-64(87)48-103-47-63(86)75-21-23-95-25-27-97-29-31-99-33-35-101-37-38-102-36-34-100-32-30-98-28-26-96-24-22-82-43-53(80-81-82)41-76-68(90)51-12-8-49(9-13-51)42-84-65(88)18-19-66(84)89/h10-11,14-19,39-40,43,49,51,61,85H,3-9,12-13,20-38,41-42,44-48,74H2,1-2H3,(H,75,86)(H,76,90)(H,77,91)(H,78,87)/t49-,51-,61?,73-/m0/s1. The lowest BCUT2D eigenvalue weighted by Gasteiger charge is -2.35. The summed E-state index contributed by atoms with van der Waals surface area (Å²) in [5, 5.41) is 30.3. The van der Waals surface area contributed by atoms with Crippen LogP contribution < -0.4 is 32.6 Å². The Morgan fingerprint density at radius 3 is 1.96 bits per heavy atom. The molecule has 1 aliphatic carbocycles. The summed E-state index contributed by atoms with van der Waals surface area (Å²) in [4.78, 5) is 123. The number of unbranched alkanes of at least 4 members (excludes halogenated alkanes) is 1. The molecule has 2 atom stereocenters. The van der Waals surface area contributed by atoms with Gasteiger partial charge in [-0.3, -0.25) is 38.5 Å². The van der Waals surface area contributed by atoms with Gasteiger partial charge < -0.3 is 93.5 Å². The smallest absolute Gasteiger partial charge is 0.508 e. The molecule has 576 valence electrons. The number of nitrogens with two attached hydrogens (primary N) is 1. The Morgan fingerprint density at radius 2 is 1.34 bits per heavy atom. The second-order valence-electron chi connectivity index (χ2n) is 25.5. The maximum Gasteiger partial charge on any atom is 0.510 e. The number of aromatic nitrogens is 5. The molecular weight excluding hydrogens is 1380 g/mol. The van der Waals surface area contributed by atoms with Crippen molar-refractivity contribution in [1.82, 2.24) is 45.4 Å². The third-order valence-corrected chi connectivity index (χ3v) is 18.2. The summed E-state index contributed by atoms with van der Waals surface area (Å²) < 4.78 is 69.8. The molecule has 3 aliphatic heterocycles. The van der Waals surface area contributed by atoms with E-state index in [4.69, 9.17) is 67.6 Å². The van der Waals surface area contributed by atoms with Crippen molar-refractivity contribution >= 4 is 64.2 Å². The van der Waals surface area contributed by atoms with Gasteiger partial charge in [0.15, 0.2) is 0 Å². The van der Waals surface area contributed by atoms with Crippen LogP contribution in [0.2, 0.25) is 0 Å². The Morgan fingerprint density at radius 1 is 0.717 bits per heavy atom. The number of esters is 1. The number of fused-ring (bicyclic) bond motifs is 5. The van der Waals surface area contributed by atoms with Crippen molar-refractivity contribution in [2.45, 2.75) is 116 Å². The Hall–Kier alpha value is -9.16. The van der Waals surface area contributed by atoms with Crippen LogP contribution in [-0.4, -0.2) is 227 Å². The number of ether oxygens (including phenoxy) is 12. The summed E-state index contributed by atoms with van der Waals surface area (Å²) >= 11 is 0. The third-order valence-electron chi connectivity index (χ3n) is 18.2. The molecule has 4 aliphatic rings. The van der Waals surface area contributed by atoms with Gasteiger partial charge in [0, 0.05) is 53.4 Å². The van der Waals surface area contributed by atoms with Gasteiger partial charge in [0.05, 0.1) is 154 Å². The fourth-order valence-electron chi connectivity index (χ4n) is 12.6. The summed E-state index contributed by atoms with van der Waals surface area (Å²) in [6.45, 7) is 10.2. The SMILES string of the molecule is CCc1c2c(nc3ccc(O)cc13)-c1cc3c(c(=O)n1C2)COC(=O)[C@@]3(CC)OC(=O)OCc1ccc(NC(=O)C(CCCCN)NC(=O)COCC(=O)NCCOCCOCCOCCOCCOCCOCCOCCOCCn2cc(CNC(=O)[C@H]3CC[C@H](CN4C(=O)C=CC4=O)CC3)nn2)cc1. The van der Waals surface area contributed by atoms with Gasteiger partial charge in [0.1, 0.15) is 43.9 Å². The van der Waals surface area contributed by atoms with Crippen LogP contribution in [0.25, 0.3) is 22.3 Å². The Bertz CT molecular complexity index is 3840. The van der Waals surface area contributed by atoms with E-state index in [0.717, 1.165) is 29.4 Å². The van der Waals surface area contributed by atoms with Crippen LogP contribution in [0.15, 0.2) is 71.7 Å². The van der Waals surface area contributed by atoms with E-state index in [9.17, 15) is 48.3 Å². The molecule has 9 rings (SSSR count). The second-order valence-corrected chi connectivity index (χ2v) is 25.5. The minimum Gasteiger partial charge on any atom is -0.508 e. The Labute approximate surface area is 613 Å². The summed E-state index contributed by atoms with van der Waals surface area (Å²) in [6, 6.07) is 12.0. The highest BCUT2D eigenvalue weighted by molar-refractivity contribution is 6.13. The van der Waals surface area contributed by atoms with E-state index in [-0.39, 0.29) is 98.7 Å². The number of pyridine rings is 2. The molecule has 106 heavy (non-hydrogen) atoms. The van der Waals surface area contributed by atoms with Gasteiger partial charge in [-0.2, -0.15) is 0 Å². The molecule has 6 amide bonds. The first-order valence-corrected chi connectivity index (χ1v) is 36.1. The van der Waals surface area contributed by atoms with Gasteiger partial charge in [0.2, 0.25) is 29.2 Å².